The topological polar surface area (TPSA) is 197 Å². The predicted octanol–water partition coefficient (Wildman–Crippen LogP) is 0.908. The number of aromatic hydroxyl groups is 1. The van der Waals surface area contributed by atoms with Gasteiger partial charge in [-0.2, -0.15) is 0 Å². The summed E-state index contributed by atoms with van der Waals surface area (Å²) >= 11 is 3.01. The van der Waals surface area contributed by atoms with Crippen molar-refractivity contribution < 1.29 is 48.2 Å². The molecule has 8 amide bonds. The first-order chi connectivity index (χ1) is 22.4. The van der Waals surface area contributed by atoms with Crippen molar-refractivity contribution in [2.45, 2.75) is 37.8 Å². The number of benzene rings is 2. The summed E-state index contributed by atoms with van der Waals surface area (Å²) in [6.45, 7) is 0.0395. The smallest absolute Gasteiger partial charge is 0.262 e. The number of halogens is 1. The number of imide groups is 4. The first kappa shape index (κ1) is 34.1. The molecule has 4 aliphatic rings. The van der Waals surface area contributed by atoms with E-state index >= 15 is 0 Å². The number of alkyl halides is 1. The number of carbonyl (C=O) groups is 8. The number of phenols is 1. The Morgan fingerprint density at radius 1 is 0.723 bits per heavy atom. The Hall–Kier alpha value is -5.80. The number of phenolic OH excluding ortho intramolecular Hbond substituents is 1. The van der Waals surface area contributed by atoms with Gasteiger partial charge in [-0.05, 0) is 49.2 Å². The van der Waals surface area contributed by atoms with Crippen molar-refractivity contribution in [1.29, 1.82) is 0 Å². The molecule has 6 rings (SSSR count). The highest BCUT2D eigenvalue weighted by Gasteiger charge is 2.46. The van der Waals surface area contributed by atoms with E-state index < -0.39 is 59.3 Å². The van der Waals surface area contributed by atoms with Gasteiger partial charge in [0, 0.05) is 12.8 Å². The lowest BCUT2D eigenvalue weighted by atomic mass is 10.0. The zero-order chi connectivity index (χ0) is 34.4. The van der Waals surface area contributed by atoms with Gasteiger partial charge in [0.25, 0.3) is 23.6 Å². The average Bonchev–Trinajstić information content (AvgIpc) is 3.43. The number of carbonyl (C=O) groups excluding carboxylic acids is 8. The Balaban J connectivity index is 0.000000193. The molecule has 2 aromatic carbocycles. The summed E-state index contributed by atoms with van der Waals surface area (Å²) in [7, 11) is 0. The summed E-state index contributed by atoms with van der Waals surface area (Å²) in [5, 5.41) is 14.3. The fourth-order valence-electron chi connectivity index (χ4n) is 5.12. The quantitative estimate of drug-likeness (QED) is 0.234. The van der Waals surface area contributed by atoms with E-state index in [4.69, 9.17) is 17.6 Å². The third-order valence-electron chi connectivity index (χ3n) is 7.23. The van der Waals surface area contributed by atoms with Crippen molar-refractivity contribution >= 4 is 63.2 Å². The largest absolute Gasteiger partial charge is 0.508 e. The van der Waals surface area contributed by atoms with Gasteiger partial charge in [0.2, 0.25) is 23.6 Å². The summed E-state index contributed by atoms with van der Waals surface area (Å²) in [6, 6.07) is 6.31. The average molecular weight is 705 g/mol. The van der Waals surface area contributed by atoms with Gasteiger partial charge in [0.15, 0.2) is 0 Å². The Morgan fingerprint density at radius 3 is 1.62 bits per heavy atom. The number of fused-ring (bicyclic) bond motifs is 2. The predicted molar refractivity (Wildman–Crippen MR) is 165 cm³/mol. The van der Waals surface area contributed by atoms with E-state index in [-0.39, 0.29) is 60.3 Å². The molecule has 0 aliphatic carbocycles. The van der Waals surface area contributed by atoms with Crippen molar-refractivity contribution in [2.24, 2.45) is 0 Å². The van der Waals surface area contributed by atoms with Crippen LogP contribution in [0.2, 0.25) is 0 Å². The summed E-state index contributed by atoms with van der Waals surface area (Å²) in [4.78, 5) is 97.1. The van der Waals surface area contributed by atoms with Crippen LogP contribution in [0.25, 0.3) is 0 Å². The van der Waals surface area contributed by atoms with Crippen molar-refractivity contribution in [3.63, 3.8) is 0 Å². The van der Waals surface area contributed by atoms with Crippen LogP contribution in [-0.4, -0.2) is 86.2 Å². The molecule has 0 radical (unpaired) electrons. The second kappa shape index (κ2) is 14.5. The molecule has 3 N–H and O–H groups in total. The second-order valence-electron chi connectivity index (χ2n) is 10.2. The molecule has 2 atom stereocenters. The van der Waals surface area contributed by atoms with Crippen LogP contribution in [0.15, 0.2) is 36.4 Å². The van der Waals surface area contributed by atoms with Crippen LogP contribution in [0.5, 0.6) is 11.5 Å². The zero-order valence-electron chi connectivity index (χ0n) is 24.4. The molecule has 0 bridgehead atoms. The van der Waals surface area contributed by atoms with Crippen LogP contribution in [0.1, 0.15) is 67.1 Å². The van der Waals surface area contributed by atoms with Gasteiger partial charge in [-0.15, -0.1) is 12.8 Å². The number of amides is 8. The van der Waals surface area contributed by atoms with E-state index in [0.29, 0.717) is 11.1 Å². The third-order valence-corrected chi connectivity index (χ3v) is 7.56. The summed E-state index contributed by atoms with van der Waals surface area (Å²) in [5.74, 6) is 0.429. The summed E-state index contributed by atoms with van der Waals surface area (Å²) in [6.07, 6.45) is 10.2. The normalized spacial score (nSPS) is 19.6. The van der Waals surface area contributed by atoms with E-state index in [1.807, 2.05) is 0 Å². The number of hydrogen-bond acceptors (Lipinski definition) is 10. The summed E-state index contributed by atoms with van der Waals surface area (Å²) < 4.78 is 5.24. The molecule has 2 fully saturated rings. The van der Waals surface area contributed by atoms with Crippen molar-refractivity contribution in [2.75, 3.05) is 11.9 Å². The minimum absolute atomic E-state index is 0.0395. The molecule has 240 valence electrons. The standard InChI is InChI=1S/C16H12N2O5.C13H10N2O5.C3H3Br/c1-2-7-23-9-3-4-10-11(8-9)16(22)18(15(10)21)12-5-6-13(19)17-14(12)20;16-6-1-2-7-8(5-6)13(20)15(12(7)19)9-3-4-10(17)14-11(9)18;1-2-3-4/h1,3-4,8,12H,5-7H2,(H,17,19,20);1-2,5,9,16H,3-4H2,(H,14,17,18);1H,3H2. The Bertz CT molecular complexity index is 1810. The van der Waals surface area contributed by atoms with E-state index in [2.05, 4.69) is 38.4 Å². The van der Waals surface area contributed by atoms with Crippen molar-refractivity contribution in [1.82, 2.24) is 20.4 Å². The SMILES string of the molecule is C#CCBr.C#CCOc1ccc2c(c1)C(=O)N(C1CCC(=O)NC1=O)C2=O.O=C1CCC(N2C(=O)c3ccc(O)cc3C2=O)C(=O)N1. The third kappa shape index (κ3) is 7.05. The number of nitrogens with one attached hydrogen (secondary N) is 2. The first-order valence-electron chi connectivity index (χ1n) is 13.9. The van der Waals surface area contributed by atoms with Crippen LogP contribution < -0.4 is 15.4 Å². The molecule has 4 heterocycles. The van der Waals surface area contributed by atoms with Crippen LogP contribution in [0, 0.1) is 24.7 Å². The number of terminal acetylenes is 2. The molecule has 47 heavy (non-hydrogen) atoms. The van der Waals surface area contributed by atoms with Gasteiger partial charge < -0.3 is 9.84 Å². The maximum atomic E-state index is 12.5. The molecule has 2 unspecified atom stereocenters. The van der Waals surface area contributed by atoms with E-state index in [1.165, 1.54) is 36.4 Å². The lowest BCUT2D eigenvalue weighted by Crippen LogP contribution is -2.54. The van der Waals surface area contributed by atoms with Gasteiger partial charge in [-0.3, -0.25) is 58.8 Å². The fraction of sp³-hybridized carbons (Fsp3) is 0.250. The lowest BCUT2D eigenvalue weighted by molar-refractivity contribution is -0.137. The van der Waals surface area contributed by atoms with Crippen molar-refractivity contribution in [3.8, 4) is 36.2 Å². The highest BCUT2D eigenvalue weighted by atomic mass is 79.9. The molecule has 15 heteroatoms. The number of rotatable bonds is 4. The fourth-order valence-corrected chi connectivity index (χ4v) is 5.12. The molecule has 14 nitrogen and oxygen atoms in total. The molecular weight excluding hydrogens is 680 g/mol. The van der Waals surface area contributed by atoms with Crippen molar-refractivity contribution in [3.05, 3.63) is 58.7 Å². The van der Waals surface area contributed by atoms with Gasteiger partial charge in [-0.25, -0.2) is 0 Å². The molecule has 0 saturated carbocycles. The summed E-state index contributed by atoms with van der Waals surface area (Å²) in [5.41, 5.74) is 0.583. The van der Waals surface area contributed by atoms with Crippen LogP contribution in [0.4, 0.5) is 0 Å². The Kier molecular flexibility index (Phi) is 10.5. The zero-order valence-corrected chi connectivity index (χ0v) is 26.0. The minimum atomic E-state index is -0.984. The molecule has 0 spiro atoms. The molecule has 2 aromatic rings. The highest BCUT2D eigenvalue weighted by molar-refractivity contribution is 9.09. The second-order valence-corrected chi connectivity index (χ2v) is 10.7. The van der Waals surface area contributed by atoms with E-state index in [1.54, 1.807) is 0 Å². The van der Waals surface area contributed by atoms with Crippen LogP contribution in [0.3, 0.4) is 0 Å². The maximum absolute atomic E-state index is 12.5. The van der Waals surface area contributed by atoms with E-state index in [9.17, 15) is 43.5 Å². The molecular formula is C32H25BrN4O10. The number of piperidine rings is 2. The first-order valence-corrected chi connectivity index (χ1v) is 15.0. The molecule has 0 aromatic heterocycles. The molecule has 2 saturated heterocycles. The number of hydrogen-bond donors (Lipinski definition) is 3. The van der Waals surface area contributed by atoms with Gasteiger partial charge in [0.1, 0.15) is 30.2 Å². The molecule has 4 aliphatic heterocycles. The van der Waals surface area contributed by atoms with Gasteiger partial charge in [-0.1, -0.05) is 27.8 Å². The number of nitrogens with zero attached hydrogens (tertiary/aromatic N) is 2. The van der Waals surface area contributed by atoms with Crippen LogP contribution in [-0.2, 0) is 19.2 Å². The Labute approximate surface area is 275 Å². The van der Waals surface area contributed by atoms with Crippen LogP contribution >= 0.6 is 15.9 Å². The maximum Gasteiger partial charge on any atom is 0.262 e. The lowest BCUT2D eigenvalue weighted by Gasteiger charge is -2.27. The number of ether oxygens (including phenoxy) is 1. The highest BCUT2D eigenvalue weighted by Crippen LogP contribution is 2.31. The van der Waals surface area contributed by atoms with E-state index in [0.717, 1.165) is 9.80 Å². The monoisotopic (exact) mass is 704 g/mol. The van der Waals surface area contributed by atoms with Gasteiger partial charge in [0.05, 0.1) is 27.6 Å². The minimum Gasteiger partial charge on any atom is -0.508 e. The van der Waals surface area contributed by atoms with Gasteiger partial charge >= 0.3 is 0 Å². The Morgan fingerprint density at radius 2 is 1.17 bits per heavy atom.